The zero-order valence-electron chi connectivity index (χ0n) is 16.0. The number of halogens is 1. The SMILES string of the molecule is COc1ccc(CNC2CCCCCCCCCCC2)c(OC)c1.Cl. The van der Waals surface area contributed by atoms with Crippen molar-refractivity contribution in [3.8, 4) is 11.5 Å². The summed E-state index contributed by atoms with van der Waals surface area (Å²) in [6, 6.07) is 6.73. The minimum absolute atomic E-state index is 0. The lowest BCUT2D eigenvalue weighted by Crippen LogP contribution is -2.28. The molecule has 0 radical (unpaired) electrons. The minimum Gasteiger partial charge on any atom is -0.497 e. The number of nitrogens with one attached hydrogen (secondary N) is 1. The Morgan fingerprint density at radius 3 is 1.92 bits per heavy atom. The highest BCUT2D eigenvalue weighted by atomic mass is 35.5. The fourth-order valence-electron chi connectivity index (χ4n) is 3.62. The van der Waals surface area contributed by atoms with Crippen molar-refractivity contribution in [3.05, 3.63) is 23.8 Å². The predicted molar refractivity (Wildman–Crippen MR) is 108 cm³/mol. The van der Waals surface area contributed by atoms with Crippen LogP contribution in [0.25, 0.3) is 0 Å². The molecule has 0 aliphatic heterocycles. The van der Waals surface area contributed by atoms with Gasteiger partial charge in [-0.3, -0.25) is 0 Å². The molecule has 1 saturated carbocycles. The molecule has 0 spiro atoms. The van der Waals surface area contributed by atoms with Crippen molar-refractivity contribution in [1.82, 2.24) is 5.32 Å². The lowest BCUT2D eigenvalue weighted by Gasteiger charge is -2.20. The molecule has 0 bridgehead atoms. The van der Waals surface area contributed by atoms with E-state index in [1.165, 1.54) is 76.2 Å². The van der Waals surface area contributed by atoms with Crippen LogP contribution in [0.4, 0.5) is 0 Å². The van der Waals surface area contributed by atoms with E-state index in [1.807, 2.05) is 12.1 Å². The molecule has 2 rings (SSSR count). The van der Waals surface area contributed by atoms with Crippen molar-refractivity contribution in [2.75, 3.05) is 14.2 Å². The molecule has 1 aliphatic rings. The van der Waals surface area contributed by atoms with Crippen molar-refractivity contribution >= 4 is 12.4 Å². The Labute approximate surface area is 160 Å². The van der Waals surface area contributed by atoms with Gasteiger partial charge >= 0.3 is 0 Å². The summed E-state index contributed by atoms with van der Waals surface area (Å²) in [5.74, 6) is 1.76. The van der Waals surface area contributed by atoms with Crippen LogP contribution in [-0.2, 0) is 6.54 Å². The van der Waals surface area contributed by atoms with E-state index in [9.17, 15) is 0 Å². The van der Waals surface area contributed by atoms with Crippen LogP contribution < -0.4 is 14.8 Å². The Hall–Kier alpha value is -0.930. The number of methoxy groups -OCH3 is 2. The van der Waals surface area contributed by atoms with Gasteiger partial charge in [0.15, 0.2) is 0 Å². The zero-order valence-corrected chi connectivity index (χ0v) is 16.8. The Balaban J connectivity index is 0.00000312. The van der Waals surface area contributed by atoms with Crippen molar-refractivity contribution in [1.29, 1.82) is 0 Å². The van der Waals surface area contributed by atoms with Gasteiger partial charge in [-0.05, 0) is 18.9 Å². The van der Waals surface area contributed by atoms with E-state index in [-0.39, 0.29) is 12.4 Å². The standard InChI is InChI=1S/C21H35NO2.ClH/c1-23-20-15-14-18(21(16-20)24-2)17-22-19-12-10-8-6-4-3-5-7-9-11-13-19;/h14-16,19,22H,3-13,17H2,1-2H3;1H. The number of hydrogen-bond acceptors (Lipinski definition) is 3. The van der Waals surface area contributed by atoms with Crippen LogP contribution in [0.15, 0.2) is 18.2 Å². The summed E-state index contributed by atoms with van der Waals surface area (Å²) < 4.78 is 10.8. The molecular weight excluding hydrogens is 334 g/mol. The maximum atomic E-state index is 5.52. The van der Waals surface area contributed by atoms with E-state index in [4.69, 9.17) is 9.47 Å². The molecule has 0 saturated heterocycles. The van der Waals surface area contributed by atoms with Crippen molar-refractivity contribution < 1.29 is 9.47 Å². The molecule has 3 nitrogen and oxygen atoms in total. The third-order valence-corrected chi connectivity index (χ3v) is 5.18. The van der Waals surface area contributed by atoms with Gasteiger partial charge in [-0.2, -0.15) is 0 Å². The second kappa shape index (κ2) is 13.3. The monoisotopic (exact) mass is 369 g/mol. The molecule has 1 N–H and O–H groups in total. The first-order valence-corrected chi connectivity index (χ1v) is 9.78. The second-order valence-corrected chi connectivity index (χ2v) is 7.01. The summed E-state index contributed by atoms with van der Waals surface area (Å²) >= 11 is 0. The molecule has 4 heteroatoms. The van der Waals surface area contributed by atoms with Crippen LogP contribution in [0.2, 0.25) is 0 Å². The van der Waals surface area contributed by atoms with Gasteiger partial charge in [0.2, 0.25) is 0 Å². The molecule has 1 fully saturated rings. The molecule has 25 heavy (non-hydrogen) atoms. The number of rotatable bonds is 5. The highest BCUT2D eigenvalue weighted by molar-refractivity contribution is 5.85. The Kier molecular flexibility index (Phi) is 11.8. The Morgan fingerprint density at radius 2 is 1.40 bits per heavy atom. The average molecular weight is 370 g/mol. The number of hydrogen-bond donors (Lipinski definition) is 1. The first kappa shape index (κ1) is 22.1. The summed E-state index contributed by atoms with van der Waals surface area (Å²) in [4.78, 5) is 0. The summed E-state index contributed by atoms with van der Waals surface area (Å²) in [6.07, 6.45) is 15.2. The molecule has 1 aliphatic carbocycles. The van der Waals surface area contributed by atoms with Crippen molar-refractivity contribution in [2.45, 2.75) is 83.2 Å². The topological polar surface area (TPSA) is 30.5 Å². The van der Waals surface area contributed by atoms with Gasteiger partial charge in [-0.1, -0.05) is 63.9 Å². The van der Waals surface area contributed by atoms with Gasteiger partial charge in [0.1, 0.15) is 11.5 Å². The molecule has 0 unspecified atom stereocenters. The predicted octanol–water partition coefficient (Wildman–Crippen LogP) is 5.89. The number of benzene rings is 1. The summed E-state index contributed by atoms with van der Waals surface area (Å²) in [5.41, 5.74) is 1.21. The second-order valence-electron chi connectivity index (χ2n) is 7.01. The first-order valence-electron chi connectivity index (χ1n) is 9.78. The maximum Gasteiger partial charge on any atom is 0.127 e. The lowest BCUT2D eigenvalue weighted by atomic mass is 9.97. The quantitative estimate of drug-likeness (QED) is 0.702. The van der Waals surface area contributed by atoms with E-state index >= 15 is 0 Å². The van der Waals surface area contributed by atoms with Crippen LogP contribution in [-0.4, -0.2) is 20.3 Å². The molecule has 0 atom stereocenters. The number of ether oxygens (including phenoxy) is 2. The molecule has 0 aromatic heterocycles. The van der Waals surface area contributed by atoms with Crippen LogP contribution in [0.5, 0.6) is 11.5 Å². The normalized spacial score (nSPS) is 17.7. The smallest absolute Gasteiger partial charge is 0.127 e. The van der Waals surface area contributed by atoms with Crippen molar-refractivity contribution in [2.24, 2.45) is 0 Å². The van der Waals surface area contributed by atoms with Gasteiger partial charge in [-0.25, -0.2) is 0 Å². The van der Waals surface area contributed by atoms with Crippen LogP contribution in [0.1, 0.15) is 76.2 Å². The molecule has 0 heterocycles. The van der Waals surface area contributed by atoms with Gasteiger partial charge in [0, 0.05) is 24.2 Å². The summed E-state index contributed by atoms with van der Waals surface area (Å²) in [5, 5.41) is 3.78. The first-order chi connectivity index (χ1) is 11.8. The molecular formula is C21H36ClNO2. The molecule has 0 amide bonds. The van der Waals surface area contributed by atoms with Gasteiger partial charge < -0.3 is 14.8 Å². The minimum atomic E-state index is 0. The third kappa shape index (κ3) is 8.33. The average Bonchev–Trinajstić information content (AvgIpc) is 2.61. The molecule has 1 aromatic carbocycles. The van der Waals surface area contributed by atoms with Crippen molar-refractivity contribution in [3.63, 3.8) is 0 Å². The van der Waals surface area contributed by atoms with E-state index in [2.05, 4.69) is 11.4 Å². The van der Waals surface area contributed by atoms with Gasteiger partial charge in [0.25, 0.3) is 0 Å². The summed E-state index contributed by atoms with van der Waals surface area (Å²) in [6.45, 7) is 0.873. The van der Waals surface area contributed by atoms with Gasteiger partial charge in [0.05, 0.1) is 14.2 Å². The van der Waals surface area contributed by atoms with Crippen LogP contribution in [0.3, 0.4) is 0 Å². The Morgan fingerprint density at radius 1 is 0.840 bits per heavy atom. The fraction of sp³-hybridized carbons (Fsp3) is 0.714. The van der Waals surface area contributed by atoms with E-state index in [1.54, 1.807) is 14.2 Å². The van der Waals surface area contributed by atoms with E-state index < -0.39 is 0 Å². The molecule has 144 valence electrons. The maximum absolute atomic E-state index is 5.52. The largest absolute Gasteiger partial charge is 0.497 e. The zero-order chi connectivity index (χ0) is 17.0. The Bertz CT molecular complexity index is 455. The third-order valence-electron chi connectivity index (χ3n) is 5.18. The lowest BCUT2D eigenvalue weighted by molar-refractivity contribution is 0.380. The van der Waals surface area contributed by atoms with E-state index in [0.717, 1.165) is 18.0 Å². The highest BCUT2D eigenvalue weighted by Gasteiger charge is 2.11. The van der Waals surface area contributed by atoms with Crippen LogP contribution in [0, 0.1) is 0 Å². The molecule has 1 aromatic rings. The summed E-state index contributed by atoms with van der Waals surface area (Å²) in [7, 11) is 3.42. The van der Waals surface area contributed by atoms with Crippen LogP contribution >= 0.6 is 12.4 Å². The highest BCUT2D eigenvalue weighted by Crippen LogP contribution is 2.25. The van der Waals surface area contributed by atoms with E-state index in [0.29, 0.717) is 6.04 Å². The van der Waals surface area contributed by atoms with Gasteiger partial charge in [-0.15, -0.1) is 12.4 Å². The fourth-order valence-corrected chi connectivity index (χ4v) is 3.62.